The van der Waals surface area contributed by atoms with Crippen molar-refractivity contribution in [2.75, 3.05) is 10.6 Å². The Bertz CT molecular complexity index is 1360. The van der Waals surface area contributed by atoms with Crippen LogP contribution in [-0.4, -0.2) is 16.8 Å². The smallest absolute Gasteiger partial charge is 0.257 e. The molecule has 0 spiro atoms. The molecule has 0 radical (unpaired) electrons. The molecule has 154 valence electrons. The predicted molar refractivity (Wildman–Crippen MR) is 128 cm³/mol. The summed E-state index contributed by atoms with van der Waals surface area (Å²) < 4.78 is 0. The lowest BCUT2D eigenvalue weighted by Crippen LogP contribution is -2.16. The van der Waals surface area contributed by atoms with E-state index >= 15 is 0 Å². The van der Waals surface area contributed by atoms with Crippen molar-refractivity contribution in [2.45, 2.75) is 0 Å². The van der Waals surface area contributed by atoms with E-state index in [2.05, 4.69) is 15.6 Å². The van der Waals surface area contributed by atoms with Crippen LogP contribution in [-0.2, 0) is 0 Å². The predicted octanol–water partition coefficient (Wildman–Crippen LogP) is 5.89. The van der Waals surface area contributed by atoms with Crippen molar-refractivity contribution in [3.05, 3.63) is 114 Å². The van der Waals surface area contributed by atoms with E-state index in [1.54, 1.807) is 30.3 Å². The van der Waals surface area contributed by atoms with Crippen LogP contribution in [0.4, 0.5) is 11.6 Å². The monoisotopic (exact) mass is 417 g/mol. The Morgan fingerprint density at radius 3 is 1.41 bits per heavy atom. The van der Waals surface area contributed by atoms with Crippen LogP contribution in [0.15, 0.2) is 103 Å². The van der Waals surface area contributed by atoms with Crippen molar-refractivity contribution in [1.29, 1.82) is 0 Å². The fraction of sp³-hybridized carbons (Fsp3) is 0. The van der Waals surface area contributed by atoms with Gasteiger partial charge in [0.1, 0.15) is 11.6 Å². The summed E-state index contributed by atoms with van der Waals surface area (Å²) in [5, 5.41) is 9.38. The maximum absolute atomic E-state index is 12.9. The highest BCUT2D eigenvalue weighted by Crippen LogP contribution is 2.21. The van der Waals surface area contributed by atoms with Crippen molar-refractivity contribution in [1.82, 2.24) is 4.98 Å². The molecule has 5 nitrogen and oxygen atoms in total. The first kappa shape index (κ1) is 19.5. The number of hydrogen-bond acceptors (Lipinski definition) is 3. The Morgan fingerprint density at radius 1 is 0.500 bits per heavy atom. The summed E-state index contributed by atoms with van der Waals surface area (Å²) in [4.78, 5) is 30.2. The minimum atomic E-state index is -0.258. The number of benzene rings is 4. The normalized spacial score (nSPS) is 10.8. The first-order valence-electron chi connectivity index (χ1n) is 10.2. The summed E-state index contributed by atoms with van der Waals surface area (Å²) in [5.41, 5.74) is 1.13. The van der Waals surface area contributed by atoms with Gasteiger partial charge < -0.3 is 10.6 Å². The third kappa shape index (κ3) is 3.79. The zero-order chi connectivity index (χ0) is 21.9. The molecular formula is C27H19N3O2. The highest BCUT2D eigenvalue weighted by molar-refractivity contribution is 6.14. The van der Waals surface area contributed by atoms with Gasteiger partial charge in [0.05, 0.1) is 0 Å². The standard InChI is InChI=1S/C27H19N3O2/c31-26(22-14-5-10-18-8-1-3-12-20(18)22)29-24-16-7-17-25(28-24)30-27(32)23-15-6-11-19-9-2-4-13-21(19)23/h1-17H,(H2,28,29,30,31,32). The summed E-state index contributed by atoms with van der Waals surface area (Å²) >= 11 is 0. The molecule has 1 aromatic heterocycles. The Balaban J connectivity index is 1.38. The molecule has 2 amide bonds. The van der Waals surface area contributed by atoms with Crippen LogP contribution in [0.1, 0.15) is 20.7 Å². The molecule has 0 atom stereocenters. The Labute approximate surface area is 184 Å². The van der Waals surface area contributed by atoms with E-state index in [0.717, 1.165) is 21.5 Å². The number of anilines is 2. The maximum Gasteiger partial charge on any atom is 0.257 e. The summed E-state index contributed by atoms with van der Waals surface area (Å²) in [7, 11) is 0. The molecule has 2 N–H and O–H groups in total. The molecule has 0 fully saturated rings. The zero-order valence-corrected chi connectivity index (χ0v) is 17.1. The molecular weight excluding hydrogens is 398 g/mol. The van der Waals surface area contributed by atoms with Gasteiger partial charge >= 0.3 is 0 Å². The van der Waals surface area contributed by atoms with Gasteiger partial charge in [-0.2, -0.15) is 0 Å². The van der Waals surface area contributed by atoms with Gasteiger partial charge in [0.2, 0.25) is 0 Å². The molecule has 5 aromatic rings. The van der Waals surface area contributed by atoms with E-state index in [1.807, 2.05) is 72.8 Å². The molecule has 0 aliphatic rings. The lowest BCUT2D eigenvalue weighted by atomic mass is 10.0. The molecule has 0 unspecified atom stereocenters. The van der Waals surface area contributed by atoms with E-state index in [-0.39, 0.29) is 11.8 Å². The van der Waals surface area contributed by atoms with Gasteiger partial charge in [0.15, 0.2) is 0 Å². The highest BCUT2D eigenvalue weighted by Gasteiger charge is 2.13. The van der Waals surface area contributed by atoms with E-state index in [0.29, 0.717) is 22.8 Å². The van der Waals surface area contributed by atoms with Crippen LogP contribution in [0.5, 0.6) is 0 Å². The number of pyridine rings is 1. The fourth-order valence-corrected chi connectivity index (χ4v) is 3.79. The summed E-state index contributed by atoms with van der Waals surface area (Å²) in [6.45, 7) is 0. The van der Waals surface area contributed by atoms with Crippen LogP contribution < -0.4 is 10.6 Å². The first-order valence-corrected chi connectivity index (χ1v) is 10.2. The number of amides is 2. The second kappa shape index (κ2) is 8.32. The van der Waals surface area contributed by atoms with Crippen LogP contribution >= 0.6 is 0 Å². The molecule has 0 aliphatic heterocycles. The lowest BCUT2D eigenvalue weighted by molar-refractivity contribution is 0.102. The summed E-state index contributed by atoms with van der Waals surface area (Å²) in [6.07, 6.45) is 0. The second-order valence-corrected chi connectivity index (χ2v) is 7.37. The van der Waals surface area contributed by atoms with Crippen LogP contribution in [0.3, 0.4) is 0 Å². The van der Waals surface area contributed by atoms with Crippen LogP contribution in [0.25, 0.3) is 21.5 Å². The Hall–Kier alpha value is -4.51. The van der Waals surface area contributed by atoms with Gasteiger partial charge in [-0.3, -0.25) is 9.59 Å². The summed E-state index contributed by atoms with van der Waals surface area (Å²) in [5.74, 6) is 0.205. The number of fused-ring (bicyclic) bond motifs is 2. The van der Waals surface area contributed by atoms with E-state index < -0.39 is 0 Å². The quantitative estimate of drug-likeness (QED) is 0.383. The highest BCUT2D eigenvalue weighted by atomic mass is 16.2. The lowest BCUT2D eigenvalue weighted by Gasteiger charge is -2.10. The average molecular weight is 417 g/mol. The van der Waals surface area contributed by atoms with Gasteiger partial charge in [-0.15, -0.1) is 0 Å². The Kier molecular flexibility index (Phi) is 5.06. The fourth-order valence-electron chi connectivity index (χ4n) is 3.79. The minimum absolute atomic E-state index is 0.258. The van der Waals surface area contributed by atoms with Gasteiger partial charge in [0, 0.05) is 11.1 Å². The molecule has 5 rings (SSSR count). The number of carbonyl (C=O) groups is 2. The number of hydrogen-bond donors (Lipinski definition) is 2. The van der Waals surface area contributed by atoms with Gasteiger partial charge in [-0.25, -0.2) is 4.98 Å². The SMILES string of the molecule is O=C(Nc1cccc(NC(=O)c2cccc3ccccc23)n1)c1cccc2ccccc12. The van der Waals surface area contributed by atoms with Gasteiger partial charge in [-0.1, -0.05) is 78.9 Å². The number of aromatic nitrogens is 1. The van der Waals surface area contributed by atoms with Crippen molar-refractivity contribution in [3.63, 3.8) is 0 Å². The van der Waals surface area contributed by atoms with E-state index in [9.17, 15) is 9.59 Å². The molecule has 1 heterocycles. The maximum atomic E-state index is 12.9. The molecule has 0 saturated heterocycles. The molecule has 32 heavy (non-hydrogen) atoms. The Morgan fingerprint density at radius 2 is 0.906 bits per heavy atom. The summed E-state index contributed by atoms with van der Waals surface area (Å²) in [6, 6.07) is 31.8. The molecule has 0 saturated carbocycles. The third-order valence-electron chi connectivity index (χ3n) is 5.30. The number of rotatable bonds is 4. The van der Waals surface area contributed by atoms with Crippen molar-refractivity contribution < 1.29 is 9.59 Å². The third-order valence-corrected chi connectivity index (χ3v) is 5.30. The van der Waals surface area contributed by atoms with Gasteiger partial charge in [-0.05, 0) is 45.8 Å². The van der Waals surface area contributed by atoms with Crippen LogP contribution in [0.2, 0.25) is 0 Å². The molecule has 0 aliphatic carbocycles. The average Bonchev–Trinajstić information content (AvgIpc) is 2.83. The van der Waals surface area contributed by atoms with Crippen molar-refractivity contribution in [3.8, 4) is 0 Å². The second-order valence-electron chi connectivity index (χ2n) is 7.37. The van der Waals surface area contributed by atoms with Crippen LogP contribution in [0, 0.1) is 0 Å². The van der Waals surface area contributed by atoms with E-state index in [1.165, 1.54) is 0 Å². The largest absolute Gasteiger partial charge is 0.306 e. The minimum Gasteiger partial charge on any atom is -0.306 e. The molecule has 4 aromatic carbocycles. The number of carbonyl (C=O) groups excluding carboxylic acids is 2. The van der Waals surface area contributed by atoms with Gasteiger partial charge in [0.25, 0.3) is 11.8 Å². The first-order chi connectivity index (χ1) is 15.7. The molecule has 5 heteroatoms. The van der Waals surface area contributed by atoms with Crippen molar-refractivity contribution >= 4 is 45.0 Å². The van der Waals surface area contributed by atoms with Crippen molar-refractivity contribution in [2.24, 2.45) is 0 Å². The van der Waals surface area contributed by atoms with E-state index in [4.69, 9.17) is 0 Å². The molecule has 0 bridgehead atoms. The topological polar surface area (TPSA) is 71.1 Å². The number of nitrogens with one attached hydrogen (secondary N) is 2. The number of nitrogens with zero attached hydrogens (tertiary/aromatic N) is 1. The zero-order valence-electron chi connectivity index (χ0n) is 17.1.